The Morgan fingerprint density at radius 3 is 2.24 bits per heavy atom. The molecule has 128 valence electrons. The van der Waals surface area contributed by atoms with E-state index in [9.17, 15) is 17.8 Å². The van der Waals surface area contributed by atoms with Crippen LogP contribution in [0, 0.1) is 11.6 Å². The average Bonchev–Trinajstić information content (AvgIpc) is 2.82. The summed E-state index contributed by atoms with van der Waals surface area (Å²) in [6, 6.07) is 11.4. The molecule has 0 spiro atoms. The van der Waals surface area contributed by atoms with Gasteiger partial charge in [-0.3, -0.25) is 4.21 Å². The summed E-state index contributed by atoms with van der Waals surface area (Å²) < 4.78 is 40.2. The Kier molecular flexibility index (Phi) is 4.77. The molecule has 5 heteroatoms. The zero-order chi connectivity index (χ0) is 18.1. The SMILES string of the molecule is CC1=C(CC=O)c2cc(F)c(F)cc2C1=C(c1ccccc1)S(C)=O. The molecule has 1 atom stereocenters. The minimum Gasteiger partial charge on any atom is -0.303 e. The highest BCUT2D eigenvalue weighted by Crippen LogP contribution is 2.47. The van der Waals surface area contributed by atoms with Gasteiger partial charge in [0.05, 0.1) is 15.7 Å². The van der Waals surface area contributed by atoms with Crippen molar-refractivity contribution in [3.63, 3.8) is 0 Å². The number of fused-ring (bicyclic) bond motifs is 1. The van der Waals surface area contributed by atoms with Crippen LogP contribution < -0.4 is 0 Å². The Bertz CT molecular complexity index is 944. The van der Waals surface area contributed by atoms with Crippen molar-refractivity contribution in [2.24, 2.45) is 0 Å². The van der Waals surface area contributed by atoms with E-state index in [2.05, 4.69) is 0 Å². The Labute approximate surface area is 147 Å². The van der Waals surface area contributed by atoms with E-state index in [4.69, 9.17) is 0 Å². The molecule has 1 aliphatic rings. The molecule has 0 heterocycles. The van der Waals surface area contributed by atoms with Crippen LogP contribution in [0.2, 0.25) is 0 Å². The standard InChI is InChI=1S/C20H16F2O2S/c1-12-14(8-9-23)15-10-17(21)18(22)11-16(15)19(12)20(25(2)24)13-6-4-3-5-7-13/h3-7,9-11H,8H2,1-2H3. The van der Waals surface area contributed by atoms with Crippen LogP contribution in [0.1, 0.15) is 30.0 Å². The largest absolute Gasteiger partial charge is 0.303 e. The number of carbonyl (C=O) groups excluding carboxylic acids is 1. The number of aldehydes is 1. The lowest BCUT2D eigenvalue weighted by Crippen LogP contribution is -1.99. The Balaban J connectivity index is 2.40. The van der Waals surface area contributed by atoms with Gasteiger partial charge in [-0.15, -0.1) is 0 Å². The maximum atomic E-state index is 13.9. The maximum absolute atomic E-state index is 13.9. The predicted molar refractivity (Wildman–Crippen MR) is 97.0 cm³/mol. The first kappa shape index (κ1) is 17.4. The van der Waals surface area contributed by atoms with Crippen molar-refractivity contribution in [3.05, 3.63) is 76.4 Å². The van der Waals surface area contributed by atoms with Crippen LogP contribution in [0.15, 0.2) is 48.0 Å². The van der Waals surface area contributed by atoms with Crippen molar-refractivity contribution in [1.29, 1.82) is 0 Å². The lowest BCUT2D eigenvalue weighted by atomic mass is 10.00. The lowest BCUT2D eigenvalue weighted by Gasteiger charge is -2.12. The summed E-state index contributed by atoms with van der Waals surface area (Å²) in [5.74, 6) is -1.93. The molecule has 0 radical (unpaired) electrons. The fourth-order valence-electron chi connectivity index (χ4n) is 3.24. The van der Waals surface area contributed by atoms with Gasteiger partial charge in [0.15, 0.2) is 11.6 Å². The van der Waals surface area contributed by atoms with Crippen LogP contribution in [0.3, 0.4) is 0 Å². The molecule has 0 saturated heterocycles. The average molecular weight is 358 g/mol. The van der Waals surface area contributed by atoms with Gasteiger partial charge in [0, 0.05) is 18.2 Å². The normalized spacial score (nSPS) is 16.6. The third-order valence-electron chi connectivity index (χ3n) is 4.32. The van der Waals surface area contributed by atoms with Crippen molar-refractivity contribution < 1.29 is 17.8 Å². The minimum atomic E-state index is -1.36. The zero-order valence-electron chi connectivity index (χ0n) is 13.8. The summed E-state index contributed by atoms with van der Waals surface area (Å²) in [5.41, 5.74) is 3.68. The lowest BCUT2D eigenvalue weighted by molar-refractivity contribution is -0.107. The third kappa shape index (κ3) is 3.00. The van der Waals surface area contributed by atoms with Crippen LogP contribution in [-0.2, 0) is 15.6 Å². The van der Waals surface area contributed by atoms with E-state index in [1.165, 1.54) is 0 Å². The van der Waals surface area contributed by atoms with Gasteiger partial charge >= 0.3 is 0 Å². The fourth-order valence-corrected chi connectivity index (χ4v) is 4.26. The first-order valence-corrected chi connectivity index (χ1v) is 9.28. The second kappa shape index (κ2) is 6.84. The van der Waals surface area contributed by atoms with Gasteiger partial charge in [0.1, 0.15) is 6.29 Å². The van der Waals surface area contributed by atoms with Gasteiger partial charge in [0.2, 0.25) is 0 Å². The molecule has 0 saturated carbocycles. The van der Waals surface area contributed by atoms with Gasteiger partial charge < -0.3 is 4.79 Å². The van der Waals surface area contributed by atoms with Gasteiger partial charge in [-0.05, 0) is 46.9 Å². The predicted octanol–water partition coefficient (Wildman–Crippen LogP) is 4.59. The monoisotopic (exact) mass is 358 g/mol. The van der Waals surface area contributed by atoms with E-state index in [1.807, 2.05) is 30.3 Å². The summed E-state index contributed by atoms with van der Waals surface area (Å²) in [5, 5.41) is 0. The van der Waals surface area contributed by atoms with Gasteiger partial charge in [0.25, 0.3) is 0 Å². The quantitative estimate of drug-likeness (QED) is 0.749. The molecular weight excluding hydrogens is 342 g/mol. The number of hydrogen-bond acceptors (Lipinski definition) is 2. The Morgan fingerprint density at radius 1 is 1.08 bits per heavy atom. The van der Waals surface area contributed by atoms with Crippen molar-refractivity contribution >= 4 is 33.1 Å². The van der Waals surface area contributed by atoms with Crippen LogP contribution in [0.5, 0.6) is 0 Å². The van der Waals surface area contributed by atoms with Crippen molar-refractivity contribution in [3.8, 4) is 0 Å². The summed E-state index contributed by atoms with van der Waals surface area (Å²) in [6.45, 7) is 1.79. The number of benzene rings is 2. The number of rotatable bonds is 4. The summed E-state index contributed by atoms with van der Waals surface area (Å²) >= 11 is 0. The molecule has 2 nitrogen and oxygen atoms in total. The van der Waals surface area contributed by atoms with Crippen LogP contribution in [0.4, 0.5) is 8.78 Å². The molecule has 1 aliphatic carbocycles. The Morgan fingerprint density at radius 2 is 1.68 bits per heavy atom. The van der Waals surface area contributed by atoms with E-state index in [0.29, 0.717) is 27.2 Å². The van der Waals surface area contributed by atoms with Gasteiger partial charge in [-0.25, -0.2) is 8.78 Å². The van der Waals surface area contributed by atoms with Gasteiger partial charge in [-0.1, -0.05) is 30.3 Å². The summed E-state index contributed by atoms with van der Waals surface area (Å²) in [6.07, 6.45) is 2.38. The molecule has 0 fully saturated rings. The smallest absolute Gasteiger partial charge is 0.159 e. The molecule has 2 aromatic carbocycles. The molecule has 1 unspecified atom stereocenters. The number of carbonyl (C=O) groups is 1. The molecule has 25 heavy (non-hydrogen) atoms. The van der Waals surface area contributed by atoms with Crippen LogP contribution in [0.25, 0.3) is 16.1 Å². The molecule has 0 amide bonds. The first-order chi connectivity index (χ1) is 12.0. The van der Waals surface area contributed by atoms with E-state index in [1.54, 1.807) is 13.2 Å². The maximum Gasteiger partial charge on any atom is 0.159 e. The molecule has 3 rings (SSSR count). The topological polar surface area (TPSA) is 34.1 Å². The summed E-state index contributed by atoms with van der Waals surface area (Å²) in [4.78, 5) is 11.6. The van der Waals surface area contributed by atoms with Crippen LogP contribution >= 0.6 is 0 Å². The Hall–Kier alpha value is -2.40. The van der Waals surface area contributed by atoms with E-state index in [0.717, 1.165) is 29.6 Å². The van der Waals surface area contributed by atoms with Gasteiger partial charge in [-0.2, -0.15) is 0 Å². The molecule has 0 N–H and O–H groups in total. The minimum absolute atomic E-state index is 0.0891. The highest BCUT2D eigenvalue weighted by Gasteiger charge is 2.29. The van der Waals surface area contributed by atoms with Crippen molar-refractivity contribution in [1.82, 2.24) is 0 Å². The molecule has 0 aromatic heterocycles. The highest BCUT2D eigenvalue weighted by atomic mass is 32.2. The summed E-state index contributed by atoms with van der Waals surface area (Å²) in [7, 11) is -1.36. The van der Waals surface area contributed by atoms with E-state index >= 15 is 0 Å². The zero-order valence-corrected chi connectivity index (χ0v) is 14.6. The highest BCUT2D eigenvalue weighted by molar-refractivity contribution is 7.94. The molecule has 0 aliphatic heterocycles. The molecular formula is C20H16F2O2S. The van der Waals surface area contributed by atoms with Crippen LogP contribution in [-0.4, -0.2) is 16.8 Å². The second-order valence-electron chi connectivity index (χ2n) is 5.81. The van der Waals surface area contributed by atoms with Crippen molar-refractivity contribution in [2.45, 2.75) is 13.3 Å². The van der Waals surface area contributed by atoms with E-state index < -0.39 is 22.4 Å². The molecule has 2 aromatic rings. The third-order valence-corrected chi connectivity index (χ3v) is 5.34. The first-order valence-electron chi connectivity index (χ1n) is 7.72. The van der Waals surface area contributed by atoms with E-state index in [-0.39, 0.29) is 6.42 Å². The number of allylic oxidation sites excluding steroid dienone is 3. The number of hydrogen-bond donors (Lipinski definition) is 0. The fraction of sp³-hybridized carbons (Fsp3) is 0.150. The number of halogens is 2. The molecule has 0 bridgehead atoms. The van der Waals surface area contributed by atoms with Crippen molar-refractivity contribution in [2.75, 3.05) is 6.26 Å². The second-order valence-corrected chi connectivity index (χ2v) is 7.13.